The van der Waals surface area contributed by atoms with Gasteiger partial charge < -0.3 is 24.8 Å². The Balaban J connectivity index is 1.57. The molecule has 0 saturated carbocycles. The van der Waals surface area contributed by atoms with Crippen molar-refractivity contribution >= 4 is 16.6 Å². The molecule has 2 unspecified atom stereocenters. The van der Waals surface area contributed by atoms with E-state index >= 15 is 0 Å². The lowest BCUT2D eigenvalue weighted by Gasteiger charge is -2.28. The van der Waals surface area contributed by atoms with Crippen LogP contribution in [0.5, 0.6) is 17.2 Å². The largest absolute Gasteiger partial charge is 0.508 e. The van der Waals surface area contributed by atoms with Crippen LogP contribution in [0.4, 0.5) is 0 Å². The van der Waals surface area contributed by atoms with Gasteiger partial charge in [0.2, 0.25) is 0 Å². The molecule has 1 heterocycles. The first-order valence-corrected chi connectivity index (χ1v) is 11.3. The number of ether oxygens (including phenoxy) is 2. The summed E-state index contributed by atoms with van der Waals surface area (Å²) in [5, 5.41) is 31.5. The van der Waals surface area contributed by atoms with E-state index in [0.717, 1.165) is 33.9 Å². The molecule has 0 aromatic heterocycles. The number of Topliss-reactive ketones (excluding diaryl/α,β-unsaturated/α-hetero) is 1. The normalized spacial score (nSPS) is 18.4. The summed E-state index contributed by atoms with van der Waals surface area (Å²) in [5.41, 5.74) is 2.48. The number of phenolic OH excluding ortho intramolecular Hbond substituents is 2. The number of ketones is 1. The van der Waals surface area contributed by atoms with Crippen LogP contribution in [-0.2, 0) is 16.0 Å². The lowest BCUT2D eigenvalue weighted by Crippen LogP contribution is -2.29. The number of rotatable bonds is 8. The molecule has 0 amide bonds. The smallest absolute Gasteiger partial charge is 0.168 e. The molecule has 174 valence electrons. The molecule has 2 atom stereocenters. The van der Waals surface area contributed by atoms with Gasteiger partial charge in [-0.05, 0) is 71.3 Å². The monoisotopic (exact) mass is 450 g/mol. The number of phenols is 2. The Hall–Kier alpha value is -3.09. The predicted octanol–water partition coefficient (Wildman–Crippen LogP) is 4.61. The van der Waals surface area contributed by atoms with Gasteiger partial charge >= 0.3 is 0 Å². The van der Waals surface area contributed by atoms with Gasteiger partial charge in [-0.15, -0.1) is 0 Å². The Bertz CT molecular complexity index is 1140. The third-order valence-electron chi connectivity index (χ3n) is 6.40. The lowest BCUT2D eigenvalue weighted by molar-refractivity contribution is -0.123. The molecule has 4 rings (SSSR count). The van der Waals surface area contributed by atoms with Gasteiger partial charge in [0.05, 0.1) is 13.2 Å². The third-order valence-corrected chi connectivity index (χ3v) is 6.40. The second kappa shape index (κ2) is 10.2. The highest BCUT2D eigenvalue weighted by molar-refractivity contribution is 5.90. The summed E-state index contributed by atoms with van der Waals surface area (Å²) in [7, 11) is 1.51. The Labute approximate surface area is 193 Å². The predicted molar refractivity (Wildman–Crippen MR) is 127 cm³/mol. The molecule has 3 N–H and O–H groups in total. The van der Waals surface area contributed by atoms with Crippen molar-refractivity contribution in [2.24, 2.45) is 5.92 Å². The van der Waals surface area contributed by atoms with Crippen molar-refractivity contribution in [3.8, 4) is 28.4 Å². The van der Waals surface area contributed by atoms with E-state index in [4.69, 9.17) is 9.47 Å². The van der Waals surface area contributed by atoms with Crippen molar-refractivity contribution in [3.05, 3.63) is 54.1 Å². The van der Waals surface area contributed by atoms with E-state index in [-0.39, 0.29) is 35.9 Å². The van der Waals surface area contributed by atoms with E-state index in [1.54, 1.807) is 18.2 Å². The van der Waals surface area contributed by atoms with Crippen molar-refractivity contribution in [1.82, 2.24) is 0 Å². The molecule has 6 nitrogen and oxygen atoms in total. The average molecular weight is 451 g/mol. The zero-order valence-electron chi connectivity index (χ0n) is 18.8. The standard InChI is InChI=1S/C27H30O6/c1-32-27-25(31)9-6-19(5-8-23(30)15-24-12-17(16-28)10-11-33-24)26(27)20-3-2-18-4-7-22(29)14-21(18)13-20/h2-4,6-7,9,13-14,17,24,28-29,31H,5,8,10-12,15-16H2,1H3. The van der Waals surface area contributed by atoms with E-state index in [1.165, 1.54) is 7.11 Å². The fraction of sp³-hybridized carbons (Fsp3) is 0.370. The highest BCUT2D eigenvalue weighted by atomic mass is 16.5. The van der Waals surface area contributed by atoms with Gasteiger partial charge in [-0.2, -0.15) is 0 Å². The van der Waals surface area contributed by atoms with E-state index < -0.39 is 0 Å². The van der Waals surface area contributed by atoms with Crippen LogP contribution in [-0.4, -0.2) is 47.5 Å². The molecular formula is C27H30O6. The van der Waals surface area contributed by atoms with Crippen LogP contribution in [0.25, 0.3) is 21.9 Å². The summed E-state index contributed by atoms with van der Waals surface area (Å²) in [6.45, 7) is 0.717. The molecule has 1 fully saturated rings. The van der Waals surface area contributed by atoms with Crippen LogP contribution >= 0.6 is 0 Å². The van der Waals surface area contributed by atoms with Gasteiger partial charge in [0.25, 0.3) is 0 Å². The number of carbonyl (C=O) groups is 1. The van der Waals surface area contributed by atoms with Gasteiger partial charge in [-0.1, -0.05) is 24.3 Å². The molecule has 3 aromatic rings. The fourth-order valence-corrected chi connectivity index (χ4v) is 4.63. The topological polar surface area (TPSA) is 96.2 Å². The van der Waals surface area contributed by atoms with E-state index in [9.17, 15) is 20.1 Å². The van der Waals surface area contributed by atoms with Crippen LogP contribution in [0.15, 0.2) is 48.5 Å². The third kappa shape index (κ3) is 5.29. The second-order valence-corrected chi connectivity index (χ2v) is 8.71. The van der Waals surface area contributed by atoms with Crippen LogP contribution in [0.1, 0.15) is 31.2 Å². The zero-order chi connectivity index (χ0) is 23.4. The molecule has 0 spiro atoms. The minimum atomic E-state index is -0.134. The quantitative estimate of drug-likeness (QED) is 0.464. The number of carbonyl (C=O) groups excluding carboxylic acids is 1. The van der Waals surface area contributed by atoms with Crippen molar-refractivity contribution in [1.29, 1.82) is 0 Å². The molecule has 1 aliphatic heterocycles. The summed E-state index contributed by atoms with van der Waals surface area (Å²) in [6, 6.07) is 14.5. The summed E-state index contributed by atoms with van der Waals surface area (Å²) in [4.78, 5) is 12.7. The molecule has 33 heavy (non-hydrogen) atoms. The van der Waals surface area contributed by atoms with Gasteiger partial charge in [0.1, 0.15) is 11.5 Å². The first-order valence-electron chi connectivity index (χ1n) is 11.3. The van der Waals surface area contributed by atoms with Crippen molar-refractivity contribution in [2.45, 2.75) is 38.2 Å². The van der Waals surface area contributed by atoms with Crippen LogP contribution in [0, 0.1) is 5.92 Å². The number of aliphatic hydroxyl groups excluding tert-OH is 1. The molecule has 3 aromatic carbocycles. The first-order chi connectivity index (χ1) is 16.0. The van der Waals surface area contributed by atoms with Gasteiger partial charge in [0.15, 0.2) is 11.5 Å². The summed E-state index contributed by atoms with van der Waals surface area (Å²) in [6.07, 6.45) is 2.60. The van der Waals surface area contributed by atoms with Gasteiger partial charge in [-0.25, -0.2) is 0 Å². The number of methoxy groups -OCH3 is 1. The zero-order valence-corrected chi connectivity index (χ0v) is 18.8. The maximum absolute atomic E-state index is 12.7. The summed E-state index contributed by atoms with van der Waals surface area (Å²) < 4.78 is 11.3. The Morgan fingerprint density at radius 3 is 2.70 bits per heavy atom. The van der Waals surface area contributed by atoms with Crippen molar-refractivity contribution in [2.75, 3.05) is 20.3 Å². The maximum Gasteiger partial charge on any atom is 0.168 e. The SMILES string of the molecule is COc1c(O)ccc(CCC(=O)CC2CC(CO)CCO2)c1-c1ccc2ccc(O)cc2c1. The molecule has 1 saturated heterocycles. The van der Waals surface area contributed by atoms with Crippen LogP contribution in [0.3, 0.4) is 0 Å². The Morgan fingerprint density at radius 1 is 1.09 bits per heavy atom. The van der Waals surface area contributed by atoms with E-state index in [0.29, 0.717) is 38.0 Å². The molecule has 0 radical (unpaired) electrons. The maximum atomic E-state index is 12.7. The molecular weight excluding hydrogens is 420 g/mol. The Kier molecular flexibility index (Phi) is 7.16. The average Bonchev–Trinajstić information content (AvgIpc) is 2.82. The fourth-order valence-electron chi connectivity index (χ4n) is 4.63. The molecule has 0 bridgehead atoms. The number of aryl methyl sites for hydroxylation is 1. The van der Waals surface area contributed by atoms with Gasteiger partial charge in [-0.3, -0.25) is 4.79 Å². The minimum Gasteiger partial charge on any atom is -0.508 e. The lowest BCUT2D eigenvalue weighted by atomic mass is 9.91. The van der Waals surface area contributed by atoms with E-state index in [1.807, 2.05) is 30.3 Å². The van der Waals surface area contributed by atoms with Crippen molar-refractivity contribution in [3.63, 3.8) is 0 Å². The van der Waals surface area contributed by atoms with Crippen LogP contribution in [0.2, 0.25) is 0 Å². The summed E-state index contributed by atoms with van der Waals surface area (Å²) >= 11 is 0. The number of benzene rings is 3. The van der Waals surface area contributed by atoms with E-state index in [2.05, 4.69) is 0 Å². The van der Waals surface area contributed by atoms with Crippen LogP contribution < -0.4 is 4.74 Å². The first kappa shape index (κ1) is 23.1. The summed E-state index contributed by atoms with van der Waals surface area (Å²) in [5.74, 6) is 0.892. The molecule has 0 aliphatic carbocycles. The molecule has 6 heteroatoms. The number of hydrogen-bond acceptors (Lipinski definition) is 6. The highest BCUT2D eigenvalue weighted by Crippen LogP contribution is 2.41. The van der Waals surface area contributed by atoms with Crippen molar-refractivity contribution < 1.29 is 29.6 Å². The highest BCUT2D eigenvalue weighted by Gasteiger charge is 2.24. The number of fused-ring (bicyclic) bond motifs is 1. The Morgan fingerprint density at radius 2 is 1.91 bits per heavy atom. The number of aromatic hydroxyl groups is 2. The number of aliphatic hydroxyl groups is 1. The van der Waals surface area contributed by atoms with Gasteiger partial charge in [0, 0.05) is 31.6 Å². The number of hydrogen-bond donors (Lipinski definition) is 3. The second-order valence-electron chi connectivity index (χ2n) is 8.71. The minimum absolute atomic E-state index is 0.0317. The molecule has 1 aliphatic rings.